The van der Waals surface area contributed by atoms with Crippen LogP contribution in [0.25, 0.3) is 0 Å². The molecule has 0 bridgehead atoms. The molecule has 1 saturated heterocycles. The first kappa shape index (κ1) is 16.8. The zero-order valence-corrected chi connectivity index (χ0v) is 13.5. The van der Waals surface area contributed by atoms with Crippen molar-refractivity contribution in [3.63, 3.8) is 0 Å². The van der Waals surface area contributed by atoms with Gasteiger partial charge in [0.25, 0.3) is 0 Å². The van der Waals surface area contributed by atoms with E-state index in [1.54, 1.807) is 0 Å². The summed E-state index contributed by atoms with van der Waals surface area (Å²) in [4.78, 5) is 12.2. The van der Waals surface area contributed by atoms with Gasteiger partial charge in [-0.05, 0) is 25.0 Å². The summed E-state index contributed by atoms with van der Waals surface area (Å²) in [7, 11) is -3.35. The lowest BCUT2D eigenvalue weighted by Crippen LogP contribution is -2.52. The number of benzene rings is 1. The number of nitrogens with one attached hydrogen (secondary N) is 1. The Morgan fingerprint density at radius 3 is 2.73 bits per heavy atom. The van der Waals surface area contributed by atoms with Crippen molar-refractivity contribution < 1.29 is 17.9 Å². The van der Waals surface area contributed by atoms with Crippen LogP contribution >= 0.6 is 0 Å². The Morgan fingerprint density at radius 2 is 2.05 bits per heavy atom. The maximum Gasteiger partial charge on any atom is 0.238 e. The molecule has 1 N–H and O–H groups in total. The van der Waals surface area contributed by atoms with Crippen molar-refractivity contribution >= 4 is 15.9 Å². The predicted octanol–water partition coefficient (Wildman–Crippen LogP) is 0.996. The zero-order valence-electron chi connectivity index (χ0n) is 12.7. The van der Waals surface area contributed by atoms with Gasteiger partial charge in [-0.1, -0.05) is 24.6 Å². The Kier molecular flexibility index (Phi) is 5.79. The Morgan fingerprint density at radius 1 is 1.32 bits per heavy atom. The third kappa shape index (κ3) is 4.71. The largest absolute Gasteiger partial charge is 0.492 e. The van der Waals surface area contributed by atoms with Crippen LogP contribution in [0.15, 0.2) is 30.3 Å². The Hall–Kier alpha value is -1.60. The molecular weight excluding hydrogens is 304 g/mol. The molecule has 122 valence electrons. The minimum Gasteiger partial charge on any atom is -0.492 e. The average Bonchev–Trinajstić information content (AvgIpc) is 2.51. The van der Waals surface area contributed by atoms with Gasteiger partial charge in [-0.15, -0.1) is 0 Å². The van der Waals surface area contributed by atoms with E-state index in [9.17, 15) is 13.2 Å². The molecule has 0 radical (unpaired) electrons. The molecule has 0 saturated carbocycles. The average molecular weight is 326 g/mol. The highest BCUT2D eigenvalue weighted by Crippen LogP contribution is 2.19. The van der Waals surface area contributed by atoms with Gasteiger partial charge >= 0.3 is 0 Å². The van der Waals surface area contributed by atoms with Gasteiger partial charge in [-0.25, -0.2) is 8.42 Å². The Balaban J connectivity index is 1.80. The monoisotopic (exact) mass is 326 g/mol. The Labute approximate surface area is 131 Å². The van der Waals surface area contributed by atoms with Gasteiger partial charge in [0, 0.05) is 6.54 Å². The van der Waals surface area contributed by atoms with E-state index < -0.39 is 16.1 Å². The lowest BCUT2D eigenvalue weighted by molar-refractivity contribution is -0.125. The van der Waals surface area contributed by atoms with E-state index >= 15 is 0 Å². The molecule has 22 heavy (non-hydrogen) atoms. The van der Waals surface area contributed by atoms with E-state index in [4.69, 9.17) is 4.74 Å². The third-order valence-electron chi connectivity index (χ3n) is 3.60. The lowest BCUT2D eigenvalue weighted by atomic mass is 10.0. The Bertz CT molecular complexity index is 589. The second-order valence-electron chi connectivity index (χ2n) is 5.34. The van der Waals surface area contributed by atoms with Crippen LogP contribution in [0.2, 0.25) is 0 Å². The number of rotatable bonds is 6. The summed E-state index contributed by atoms with van der Waals surface area (Å²) in [5.74, 6) is 0.494. The van der Waals surface area contributed by atoms with Crippen molar-refractivity contribution in [2.45, 2.75) is 25.3 Å². The van der Waals surface area contributed by atoms with Crippen LogP contribution in [-0.4, -0.2) is 50.6 Å². The molecule has 1 amide bonds. The number of ether oxygens (including phenoxy) is 1. The fourth-order valence-electron chi connectivity index (χ4n) is 2.54. The second-order valence-corrected chi connectivity index (χ2v) is 7.27. The molecule has 0 aliphatic carbocycles. The predicted molar refractivity (Wildman–Crippen MR) is 84.1 cm³/mol. The van der Waals surface area contributed by atoms with Crippen LogP contribution in [0, 0.1) is 0 Å². The van der Waals surface area contributed by atoms with Gasteiger partial charge in [0.2, 0.25) is 15.9 Å². The standard InChI is InChI=1S/C15H22N2O4S/c1-22(19,20)17-11-6-5-9-14(17)15(18)16-10-12-21-13-7-3-2-4-8-13/h2-4,7-8,14H,5-6,9-12H2,1H3,(H,16,18)/t14-/m0/s1. The van der Waals surface area contributed by atoms with E-state index in [-0.39, 0.29) is 5.91 Å². The summed E-state index contributed by atoms with van der Waals surface area (Å²) >= 11 is 0. The fourth-order valence-corrected chi connectivity index (χ4v) is 3.67. The molecule has 0 unspecified atom stereocenters. The summed E-state index contributed by atoms with van der Waals surface area (Å²) in [5, 5.41) is 2.75. The molecule has 1 atom stereocenters. The number of para-hydroxylation sites is 1. The zero-order chi connectivity index (χ0) is 16.0. The van der Waals surface area contributed by atoms with Crippen LogP contribution < -0.4 is 10.1 Å². The van der Waals surface area contributed by atoms with Crippen molar-refractivity contribution in [2.75, 3.05) is 26.0 Å². The van der Waals surface area contributed by atoms with Gasteiger partial charge in [-0.3, -0.25) is 4.79 Å². The van der Waals surface area contributed by atoms with E-state index in [1.165, 1.54) is 4.31 Å². The maximum atomic E-state index is 12.2. The first-order valence-corrected chi connectivity index (χ1v) is 9.25. The van der Waals surface area contributed by atoms with Crippen molar-refractivity contribution in [3.8, 4) is 5.75 Å². The van der Waals surface area contributed by atoms with E-state index in [0.717, 1.165) is 24.8 Å². The summed E-state index contributed by atoms with van der Waals surface area (Å²) in [5.41, 5.74) is 0. The first-order chi connectivity index (χ1) is 10.5. The minimum absolute atomic E-state index is 0.248. The van der Waals surface area contributed by atoms with Crippen LogP contribution in [0.5, 0.6) is 5.75 Å². The summed E-state index contributed by atoms with van der Waals surface area (Å²) < 4.78 is 30.3. The minimum atomic E-state index is -3.35. The van der Waals surface area contributed by atoms with Gasteiger partial charge in [0.05, 0.1) is 12.8 Å². The smallest absolute Gasteiger partial charge is 0.238 e. The number of hydrogen-bond donors (Lipinski definition) is 1. The molecular formula is C15H22N2O4S. The number of sulfonamides is 1. The number of carbonyl (C=O) groups is 1. The van der Waals surface area contributed by atoms with Crippen molar-refractivity contribution in [2.24, 2.45) is 0 Å². The highest BCUT2D eigenvalue weighted by molar-refractivity contribution is 7.88. The SMILES string of the molecule is CS(=O)(=O)N1CCCC[C@H]1C(=O)NCCOc1ccccc1. The van der Waals surface area contributed by atoms with Crippen LogP contribution in [0.4, 0.5) is 0 Å². The molecule has 1 aliphatic heterocycles. The molecule has 1 heterocycles. The summed E-state index contributed by atoms with van der Waals surface area (Å²) in [6.45, 7) is 1.11. The van der Waals surface area contributed by atoms with Crippen molar-refractivity contribution in [3.05, 3.63) is 30.3 Å². The van der Waals surface area contributed by atoms with Crippen molar-refractivity contribution in [1.82, 2.24) is 9.62 Å². The van der Waals surface area contributed by atoms with Gasteiger partial charge in [-0.2, -0.15) is 4.31 Å². The molecule has 1 fully saturated rings. The molecule has 1 aromatic carbocycles. The lowest BCUT2D eigenvalue weighted by Gasteiger charge is -2.32. The number of amides is 1. The van der Waals surface area contributed by atoms with Crippen LogP contribution in [0.3, 0.4) is 0 Å². The number of piperidine rings is 1. The molecule has 0 aromatic heterocycles. The molecule has 1 aliphatic rings. The third-order valence-corrected chi connectivity index (χ3v) is 4.88. The van der Waals surface area contributed by atoms with E-state index in [2.05, 4.69) is 5.32 Å². The molecule has 6 nitrogen and oxygen atoms in total. The quantitative estimate of drug-likeness (QED) is 0.791. The summed E-state index contributed by atoms with van der Waals surface area (Å²) in [6.07, 6.45) is 3.38. The topological polar surface area (TPSA) is 75.7 Å². The second kappa shape index (κ2) is 7.60. The van der Waals surface area contributed by atoms with Gasteiger partial charge in [0.1, 0.15) is 18.4 Å². The van der Waals surface area contributed by atoms with Crippen LogP contribution in [-0.2, 0) is 14.8 Å². The van der Waals surface area contributed by atoms with Crippen LogP contribution in [0.1, 0.15) is 19.3 Å². The maximum absolute atomic E-state index is 12.2. The molecule has 7 heteroatoms. The van der Waals surface area contributed by atoms with E-state index in [1.807, 2.05) is 30.3 Å². The highest BCUT2D eigenvalue weighted by atomic mass is 32.2. The van der Waals surface area contributed by atoms with E-state index in [0.29, 0.717) is 26.1 Å². The van der Waals surface area contributed by atoms with Gasteiger partial charge in [0.15, 0.2) is 0 Å². The summed E-state index contributed by atoms with van der Waals surface area (Å²) in [6, 6.07) is 8.74. The molecule has 2 rings (SSSR count). The fraction of sp³-hybridized carbons (Fsp3) is 0.533. The normalized spacial score (nSPS) is 19.6. The van der Waals surface area contributed by atoms with Gasteiger partial charge < -0.3 is 10.1 Å². The molecule has 1 aromatic rings. The number of nitrogens with zero attached hydrogens (tertiary/aromatic N) is 1. The first-order valence-electron chi connectivity index (χ1n) is 7.41. The van der Waals surface area contributed by atoms with Crippen molar-refractivity contribution in [1.29, 1.82) is 0 Å². The molecule has 0 spiro atoms. The number of carbonyl (C=O) groups excluding carboxylic acids is 1. The number of hydrogen-bond acceptors (Lipinski definition) is 4. The highest BCUT2D eigenvalue weighted by Gasteiger charge is 2.34.